The SMILES string of the molecule is CSCCC(NC(=O)C(CS)NC(=O)C(NC(=O)C(N)CS)C(C)O)C(=O)O. The minimum Gasteiger partial charge on any atom is -0.480 e. The Morgan fingerprint density at radius 2 is 1.57 bits per heavy atom. The van der Waals surface area contributed by atoms with Gasteiger partial charge in [0.15, 0.2) is 0 Å². The first-order chi connectivity index (χ1) is 13.1. The molecule has 0 aromatic heterocycles. The maximum atomic E-state index is 12.4. The summed E-state index contributed by atoms with van der Waals surface area (Å²) in [5.41, 5.74) is 5.53. The quantitative estimate of drug-likeness (QED) is 0.145. The highest BCUT2D eigenvalue weighted by Crippen LogP contribution is 2.03. The second kappa shape index (κ2) is 13.9. The first-order valence-electron chi connectivity index (χ1n) is 8.37. The van der Waals surface area contributed by atoms with Crippen molar-refractivity contribution < 1.29 is 29.4 Å². The van der Waals surface area contributed by atoms with Crippen molar-refractivity contribution in [2.75, 3.05) is 23.5 Å². The molecule has 10 nitrogen and oxygen atoms in total. The summed E-state index contributed by atoms with van der Waals surface area (Å²) in [5.74, 6) is -3.01. The highest BCUT2D eigenvalue weighted by atomic mass is 32.2. The van der Waals surface area contributed by atoms with Gasteiger partial charge in [-0.15, -0.1) is 0 Å². The van der Waals surface area contributed by atoms with Crippen molar-refractivity contribution in [1.82, 2.24) is 16.0 Å². The Morgan fingerprint density at radius 1 is 1.00 bits per heavy atom. The van der Waals surface area contributed by atoms with Crippen molar-refractivity contribution in [1.29, 1.82) is 0 Å². The van der Waals surface area contributed by atoms with Crippen LogP contribution in [-0.2, 0) is 19.2 Å². The van der Waals surface area contributed by atoms with E-state index in [1.54, 1.807) is 0 Å². The van der Waals surface area contributed by atoms with E-state index >= 15 is 0 Å². The van der Waals surface area contributed by atoms with Gasteiger partial charge in [0.1, 0.15) is 18.1 Å². The van der Waals surface area contributed by atoms with E-state index in [0.717, 1.165) is 0 Å². The van der Waals surface area contributed by atoms with Crippen LogP contribution in [0.2, 0.25) is 0 Å². The molecule has 0 aliphatic heterocycles. The smallest absolute Gasteiger partial charge is 0.326 e. The lowest BCUT2D eigenvalue weighted by atomic mass is 10.1. The van der Waals surface area contributed by atoms with E-state index in [2.05, 4.69) is 41.2 Å². The lowest BCUT2D eigenvalue weighted by molar-refractivity contribution is -0.142. The van der Waals surface area contributed by atoms with Gasteiger partial charge in [-0.2, -0.15) is 37.0 Å². The van der Waals surface area contributed by atoms with Crippen molar-refractivity contribution in [2.45, 2.75) is 43.6 Å². The van der Waals surface area contributed by atoms with Crippen LogP contribution >= 0.6 is 37.0 Å². The van der Waals surface area contributed by atoms with Gasteiger partial charge in [-0.3, -0.25) is 14.4 Å². The number of aliphatic hydroxyl groups excluding tert-OH is 1. The number of rotatable bonds is 13. The molecule has 0 fully saturated rings. The lowest BCUT2D eigenvalue weighted by Gasteiger charge is -2.25. The van der Waals surface area contributed by atoms with E-state index in [4.69, 9.17) is 5.73 Å². The fourth-order valence-electron chi connectivity index (χ4n) is 1.97. The Kier molecular flexibility index (Phi) is 13.4. The number of carbonyl (C=O) groups is 4. The van der Waals surface area contributed by atoms with Crippen LogP contribution in [0.1, 0.15) is 13.3 Å². The van der Waals surface area contributed by atoms with Crippen LogP contribution in [0.3, 0.4) is 0 Å². The number of amides is 3. The van der Waals surface area contributed by atoms with Crippen LogP contribution < -0.4 is 21.7 Å². The fourth-order valence-corrected chi connectivity index (χ4v) is 2.86. The molecule has 28 heavy (non-hydrogen) atoms. The molecule has 0 aliphatic rings. The predicted octanol–water partition coefficient (Wildman–Crippen LogP) is -2.15. The topological polar surface area (TPSA) is 171 Å². The molecule has 0 radical (unpaired) electrons. The molecule has 7 N–H and O–H groups in total. The number of thioether (sulfide) groups is 1. The molecule has 0 heterocycles. The van der Waals surface area contributed by atoms with Crippen LogP contribution in [0.4, 0.5) is 0 Å². The zero-order chi connectivity index (χ0) is 21.9. The summed E-state index contributed by atoms with van der Waals surface area (Å²) >= 11 is 9.33. The van der Waals surface area contributed by atoms with E-state index in [1.807, 2.05) is 6.26 Å². The van der Waals surface area contributed by atoms with E-state index < -0.39 is 54.0 Å². The number of nitrogens with two attached hydrogens (primary N) is 1. The van der Waals surface area contributed by atoms with Crippen LogP contribution in [0.5, 0.6) is 0 Å². The van der Waals surface area contributed by atoms with Crippen molar-refractivity contribution in [3.63, 3.8) is 0 Å². The molecular formula is C15H28N4O6S3. The minimum absolute atomic E-state index is 0.0360. The minimum atomic E-state index is -1.36. The van der Waals surface area contributed by atoms with Crippen molar-refractivity contribution in [3.8, 4) is 0 Å². The molecule has 0 rings (SSSR count). The molecule has 0 saturated heterocycles. The molecule has 5 atom stereocenters. The van der Waals surface area contributed by atoms with Gasteiger partial charge in [0.05, 0.1) is 12.1 Å². The summed E-state index contributed by atoms with van der Waals surface area (Å²) in [4.78, 5) is 47.9. The van der Waals surface area contributed by atoms with E-state index in [-0.39, 0.29) is 17.9 Å². The molecule has 13 heteroatoms. The average molecular weight is 457 g/mol. The van der Waals surface area contributed by atoms with Gasteiger partial charge >= 0.3 is 5.97 Å². The van der Waals surface area contributed by atoms with Crippen molar-refractivity contribution in [3.05, 3.63) is 0 Å². The molecule has 0 spiro atoms. The van der Waals surface area contributed by atoms with E-state index in [0.29, 0.717) is 5.75 Å². The summed E-state index contributed by atoms with van der Waals surface area (Å²) in [6.45, 7) is 1.29. The van der Waals surface area contributed by atoms with Crippen molar-refractivity contribution >= 4 is 60.7 Å². The maximum absolute atomic E-state index is 12.4. The third-order valence-electron chi connectivity index (χ3n) is 3.64. The van der Waals surface area contributed by atoms with Crippen LogP contribution in [-0.4, -0.2) is 87.7 Å². The van der Waals surface area contributed by atoms with Gasteiger partial charge in [0.2, 0.25) is 17.7 Å². The molecule has 0 aromatic carbocycles. The second-order valence-electron chi connectivity index (χ2n) is 5.94. The van der Waals surface area contributed by atoms with Gasteiger partial charge in [-0.1, -0.05) is 0 Å². The van der Waals surface area contributed by atoms with Crippen LogP contribution in [0, 0.1) is 0 Å². The summed E-state index contributed by atoms with van der Waals surface area (Å²) in [7, 11) is 0. The molecule has 0 aliphatic carbocycles. The number of nitrogens with one attached hydrogen (secondary N) is 3. The Hall–Kier alpha value is -1.15. The number of thiol groups is 2. The highest BCUT2D eigenvalue weighted by Gasteiger charge is 2.31. The summed E-state index contributed by atoms with van der Waals surface area (Å²) in [5, 5.41) is 26.0. The van der Waals surface area contributed by atoms with Gasteiger partial charge in [0.25, 0.3) is 0 Å². The molecular weight excluding hydrogens is 428 g/mol. The van der Waals surface area contributed by atoms with E-state index in [1.165, 1.54) is 18.7 Å². The summed E-state index contributed by atoms with van der Waals surface area (Å²) in [6, 6.07) is -4.61. The Morgan fingerprint density at radius 3 is 2.00 bits per heavy atom. The Labute approximate surface area is 179 Å². The summed E-state index contributed by atoms with van der Waals surface area (Å²) < 4.78 is 0. The zero-order valence-electron chi connectivity index (χ0n) is 15.6. The molecule has 3 amide bonds. The standard InChI is InChI=1S/C15H28N4O6S3/c1-7(20)11(19-12(21)8(16)5-26)14(23)18-10(6-27)13(22)17-9(15(24)25)3-4-28-2/h7-11,20,26-27H,3-6,16H2,1-2H3,(H,17,22)(H,18,23)(H,19,21)(H,24,25). The number of carbonyl (C=O) groups excluding carboxylic acids is 3. The maximum Gasteiger partial charge on any atom is 0.326 e. The third kappa shape index (κ3) is 9.37. The Bertz CT molecular complexity index is 552. The van der Waals surface area contributed by atoms with Crippen LogP contribution in [0.15, 0.2) is 0 Å². The number of carboxylic acids is 1. The normalized spacial score (nSPS) is 16.2. The first-order valence-corrected chi connectivity index (χ1v) is 11.0. The number of carboxylic acid groups (broad SMARTS) is 1. The third-order valence-corrected chi connectivity index (χ3v) is 5.04. The highest BCUT2D eigenvalue weighted by molar-refractivity contribution is 7.98. The molecule has 0 bridgehead atoms. The lowest BCUT2D eigenvalue weighted by Crippen LogP contribution is -2.60. The molecule has 5 unspecified atom stereocenters. The number of aliphatic carboxylic acids is 1. The average Bonchev–Trinajstić information content (AvgIpc) is 2.65. The monoisotopic (exact) mass is 456 g/mol. The second-order valence-corrected chi connectivity index (χ2v) is 7.66. The first kappa shape index (κ1) is 26.9. The summed E-state index contributed by atoms with van der Waals surface area (Å²) in [6.07, 6.45) is 0.749. The zero-order valence-corrected chi connectivity index (χ0v) is 18.2. The van der Waals surface area contributed by atoms with Gasteiger partial charge in [0, 0.05) is 11.5 Å². The van der Waals surface area contributed by atoms with Crippen molar-refractivity contribution in [2.24, 2.45) is 5.73 Å². The number of hydrogen-bond donors (Lipinski definition) is 8. The number of aliphatic hydroxyl groups is 1. The molecule has 0 saturated carbocycles. The van der Waals surface area contributed by atoms with E-state index in [9.17, 15) is 29.4 Å². The molecule has 162 valence electrons. The van der Waals surface area contributed by atoms with Crippen LogP contribution in [0.25, 0.3) is 0 Å². The van der Waals surface area contributed by atoms with Gasteiger partial charge < -0.3 is 31.9 Å². The number of hydrogen-bond acceptors (Lipinski definition) is 9. The van der Waals surface area contributed by atoms with Gasteiger partial charge in [-0.05, 0) is 25.4 Å². The Balaban J connectivity index is 5.07. The molecule has 0 aromatic rings. The van der Waals surface area contributed by atoms with Gasteiger partial charge in [-0.25, -0.2) is 4.79 Å². The largest absolute Gasteiger partial charge is 0.480 e. The fraction of sp³-hybridized carbons (Fsp3) is 0.733. The predicted molar refractivity (Wildman–Crippen MR) is 114 cm³/mol.